The predicted octanol–water partition coefficient (Wildman–Crippen LogP) is 2.81. The van der Waals surface area contributed by atoms with Gasteiger partial charge in [0.15, 0.2) is 0 Å². The number of fused-ring (bicyclic) bond motifs is 1. The van der Waals surface area contributed by atoms with Crippen LogP contribution >= 0.6 is 11.8 Å². The maximum absolute atomic E-state index is 4.62. The van der Waals surface area contributed by atoms with Gasteiger partial charge in [0.25, 0.3) is 0 Å². The van der Waals surface area contributed by atoms with Crippen LogP contribution < -0.4 is 5.32 Å². The molecule has 1 aromatic carbocycles. The molecule has 19 heavy (non-hydrogen) atoms. The summed E-state index contributed by atoms with van der Waals surface area (Å²) >= 11 is 2.09. The molecular formula is C15H21N3S. The Hall–Kier alpha value is -1.00. The smallest absolute Gasteiger partial charge is 0.0841 e. The molecule has 2 heterocycles. The van der Waals surface area contributed by atoms with Gasteiger partial charge < -0.3 is 5.32 Å². The number of para-hydroxylation sites is 1. The van der Waals surface area contributed by atoms with Crippen molar-refractivity contribution in [3.05, 3.63) is 30.0 Å². The predicted molar refractivity (Wildman–Crippen MR) is 82.5 cm³/mol. The Morgan fingerprint density at radius 1 is 1.32 bits per heavy atom. The van der Waals surface area contributed by atoms with E-state index >= 15 is 0 Å². The maximum atomic E-state index is 4.62. The molecule has 4 heteroatoms. The molecule has 1 aromatic heterocycles. The van der Waals surface area contributed by atoms with Crippen molar-refractivity contribution in [2.24, 2.45) is 13.0 Å². The first kappa shape index (κ1) is 13.0. The van der Waals surface area contributed by atoms with Gasteiger partial charge in [-0.25, -0.2) is 0 Å². The lowest BCUT2D eigenvalue weighted by atomic mass is 10.0. The van der Waals surface area contributed by atoms with Crippen molar-refractivity contribution in [1.82, 2.24) is 15.1 Å². The molecule has 102 valence electrons. The highest BCUT2D eigenvalue weighted by atomic mass is 32.2. The SMILES string of the molecule is Cn1nc(CNCC2CCSCC2)c2ccccc21. The van der Waals surface area contributed by atoms with Crippen molar-refractivity contribution >= 4 is 22.7 Å². The third-order valence-corrected chi connectivity index (χ3v) is 4.95. The van der Waals surface area contributed by atoms with Gasteiger partial charge in [-0.05, 0) is 42.9 Å². The monoisotopic (exact) mass is 275 g/mol. The lowest BCUT2D eigenvalue weighted by molar-refractivity contribution is 0.446. The summed E-state index contributed by atoms with van der Waals surface area (Å²) in [4.78, 5) is 0. The number of aromatic nitrogens is 2. The van der Waals surface area contributed by atoms with Gasteiger partial charge in [-0.2, -0.15) is 16.9 Å². The van der Waals surface area contributed by atoms with E-state index in [0.717, 1.165) is 19.0 Å². The number of nitrogens with zero attached hydrogens (tertiary/aromatic N) is 2. The summed E-state index contributed by atoms with van der Waals surface area (Å²) in [6.07, 6.45) is 2.72. The Kier molecular flexibility index (Phi) is 4.09. The highest BCUT2D eigenvalue weighted by Crippen LogP contribution is 2.22. The molecular weight excluding hydrogens is 254 g/mol. The number of hydrogen-bond acceptors (Lipinski definition) is 3. The van der Waals surface area contributed by atoms with E-state index in [4.69, 9.17) is 0 Å². The molecule has 1 N–H and O–H groups in total. The number of benzene rings is 1. The molecule has 3 nitrogen and oxygen atoms in total. The number of rotatable bonds is 4. The second-order valence-corrected chi connectivity index (χ2v) is 6.50. The molecule has 1 saturated heterocycles. The molecule has 0 unspecified atom stereocenters. The molecule has 1 aliphatic heterocycles. The zero-order valence-corrected chi connectivity index (χ0v) is 12.2. The molecule has 1 aliphatic rings. The molecule has 0 spiro atoms. The second kappa shape index (κ2) is 5.97. The first-order chi connectivity index (χ1) is 9.34. The van der Waals surface area contributed by atoms with Crippen LogP contribution in [0.3, 0.4) is 0 Å². The molecule has 0 amide bonds. The van der Waals surface area contributed by atoms with Gasteiger partial charge in [-0.1, -0.05) is 18.2 Å². The molecule has 3 rings (SSSR count). The van der Waals surface area contributed by atoms with Crippen molar-refractivity contribution in [2.45, 2.75) is 19.4 Å². The lowest BCUT2D eigenvalue weighted by Crippen LogP contribution is -2.25. The van der Waals surface area contributed by atoms with Crippen LogP contribution in [0.5, 0.6) is 0 Å². The molecule has 1 fully saturated rings. The summed E-state index contributed by atoms with van der Waals surface area (Å²) < 4.78 is 1.98. The van der Waals surface area contributed by atoms with Crippen LogP contribution in [0.1, 0.15) is 18.5 Å². The summed E-state index contributed by atoms with van der Waals surface area (Å²) in [5.41, 5.74) is 2.39. The van der Waals surface area contributed by atoms with Gasteiger partial charge in [0.05, 0.1) is 11.2 Å². The van der Waals surface area contributed by atoms with E-state index in [-0.39, 0.29) is 0 Å². The van der Waals surface area contributed by atoms with Crippen molar-refractivity contribution in [3.63, 3.8) is 0 Å². The summed E-state index contributed by atoms with van der Waals surface area (Å²) in [5.74, 6) is 3.52. The Morgan fingerprint density at radius 2 is 2.11 bits per heavy atom. The standard InChI is InChI=1S/C15H21N3S/c1-18-15-5-3-2-4-13(15)14(17-18)11-16-10-12-6-8-19-9-7-12/h2-5,12,16H,6-11H2,1H3. The first-order valence-electron chi connectivity index (χ1n) is 7.03. The first-order valence-corrected chi connectivity index (χ1v) is 8.19. The Morgan fingerprint density at radius 3 is 2.95 bits per heavy atom. The number of hydrogen-bond donors (Lipinski definition) is 1. The quantitative estimate of drug-likeness (QED) is 0.930. The Labute approximate surface area is 118 Å². The van der Waals surface area contributed by atoms with Crippen LogP contribution in [0.4, 0.5) is 0 Å². The van der Waals surface area contributed by atoms with Crippen LogP contribution in [0.2, 0.25) is 0 Å². The highest BCUT2D eigenvalue weighted by Gasteiger charge is 2.13. The summed E-state index contributed by atoms with van der Waals surface area (Å²) in [5, 5.41) is 9.49. The normalized spacial score (nSPS) is 17.1. The highest BCUT2D eigenvalue weighted by molar-refractivity contribution is 7.99. The van der Waals surface area contributed by atoms with Crippen molar-refractivity contribution in [3.8, 4) is 0 Å². The van der Waals surface area contributed by atoms with E-state index in [1.54, 1.807) is 0 Å². The molecule has 0 radical (unpaired) electrons. The van der Waals surface area contributed by atoms with Crippen LogP contribution in [0.15, 0.2) is 24.3 Å². The number of aryl methyl sites for hydroxylation is 1. The van der Waals surface area contributed by atoms with Crippen LogP contribution in [0.25, 0.3) is 10.9 Å². The van der Waals surface area contributed by atoms with Gasteiger partial charge in [-0.15, -0.1) is 0 Å². The van der Waals surface area contributed by atoms with Crippen LogP contribution in [-0.2, 0) is 13.6 Å². The maximum Gasteiger partial charge on any atom is 0.0841 e. The van der Waals surface area contributed by atoms with Crippen molar-refractivity contribution in [1.29, 1.82) is 0 Å². The Balaban J connectivity index is 1.62. The van der Waals surface area contributed by atoms with Gasteiger partial charge in [0.2, 0.25) is 0 Å². The van der Waals surface area contributed by atoms with E-state index in [0.29, 0.717) is 0 Å². The lowest BCUT2D eigenvalue weighted by Gasteiger charge is -2.21. The minimum absolute atomic E-state index is 0.858. The van der Waals surface area contributed by atoms with Crippen LogP contribution in [0, 0.1) is 5.92 Å². The van der Waals surface area contributed by atoms with E-state index in [1.807, 2.05) is 11.7 Å². The molecule has 2 aromatic rings. The second-order valence-electron chi connectivity index (χ2n) is 5.27. The fourth-order valence-corrected chi connectivity index (χ4v) is 3.97. The van der Waals surface area contributed by atoms with E-state index < -0.39 is 0 Å². The van der Waals surface area contributed by atoms with Gasteiger partial charge in [0, 0.05) is 19.0 Å². The fourth-order valence-electron chi connectivity index (χ4n) is 2.76. The topological polar surface area (TPSA) is 29.9 Å². The zero-order chi connectivity index (χ0) is 13.1. The summed E-state index contributed by atoms with van der Waals surface area (Å²) in [7, 11) is 2.02. The van der Waals surface area contributed by atoms with Crippen LogP contribution in [-0.4, -0.2) is 27.8 Å². The summed E-state index contributed by atoms with van der Waals surface area (Å²) in [6, 6.07) is 8.45. The number of nitrogens with one attached hydrogen (secondary N) is 1. The Bertz CT molecular complexity index is 543. The zero-order valence-electron chi connectivity index (χ0n) is 11.4. The minimum Gasteiger partial charge on any atom is -0.311 e. The van der Waals surface area contributed by atoms with Crippen molar-refractivity contribution < 1.29 is 0 Å². The van der Waals surface area contributed by atoms with Gasteiger partial charge >= 0.3 is 0 Å². The summed E-state index contributed by atoms with van der Waals surface area (Å²) in [6.45, 7) is 2.01. The third-order valence-electron chi connectivity index (χ3n) is 3.90. The average molecular weight is 275 g/mol. The van der Waals surface area contributed by atoms with E-state index in [1.165, 1.54) is 40.9 Å². The molecule has 0 aliphatic carbocycles. The third kappa shape index (κ3) is 2.95. The minimum atomic E-state index is 0.858. The van der Waals surface area contributed by atoms with E-state index in [2.05, 4.69) is 46.4 Å². The van der Waals surface area contributed by atoms with E-state index in [9.17, 15) is 0 Å². The van der Waals surface area contributed by atoms with Crippen molar-refractivity contribution in [2.75, 3.05) is 18.1 Å². The molecule has 0 saturated carbocycles. The molecule has 0 bridgehead atoms. The largest absolute Gasteiger partial charge is 0.311 e. The average Bonchev–Trinajstić information content (AvgIpc) is 2.78. The van der Waals surface area contributed by atoms with Gasteiger partial charge in [0.1, 0.15) is 0 Å². The van der Waals surface area contributed by atoms with Gasteiger partial charge in [-0.3, -0.25) is 4.68 Å². The fraction of sp³-hybridized carbons (Fsp3) is 0.533. The number of thioether (sulfide) groups is 1. The molecule has 0 atom stereocenters.